The van der Waals surface area contributed by atoms with Crippen molar-refractivity contribution in [2.24, 2.45) is 5.92 Å². The highest BCUT2D eigenvalue weighted by Crippen LogP contribution is 2.38. The van der Waals surface area contributed by atoms with Crippen molar-refractivity contribution in [3.05, 3.63) is 0 Å². The molecule has 106 valence electrons. The van der Waals surface area contributed by atoms with E-state index in [1.165, 1.54) is 0 Å². The van der Waals surface area contributed by atoms with E-state index >= 15 is 0 Å². The molecule has 1 aliphatic rings. The first kappa shape index (κ1) is 15.5. The molecule has 0 saturated heterocycles. The first-order chi connectivity index (χ1) is 8.17. The second-order valence-corrected chi connectivity index (χ2v) is 5.67. The minimum atomic E-state index is -4.25. The lowest BCUT2D eigenvalue weighted by Gasteiger charge is -2.44. The minimum Gasteiger partial charge on any atom is -0.298 e. The summed E-state index contributed by atoms with van der Waals surface area (Å²) < 4.78 is 36.7. The van der Waals surface area contributed by atoms with Crippen LogP contribution in [0.25, 0.3) is 0 Å². The molecular formula is C13H22F3NO. The number of nitrogens with zero attached hydrogens (tertiary/aromatic N) is 1. The fraction of sp³-hybridized carbons (Fsp3) is 0.923. The van der Waals surface area contributed by atoms with Gasteiger partial charge in [0.05, 0.1) is 12.0 Å². The van der Waals surface area contributed by atoms with Gasteiger partial charge in [0.2, 0.25) is 0 Å². The zero-order valence-electron chi connectivity index (χ0n) is 11.3. The highest BCUT2D eigenvalue weighted by Gasteiger charge is 2.44. The lowest BCUT2D eigenvalue weighted by atomic mass is 9.72. The Kier molecular flexibility index (Phi) is 4.81. The third kappa shape index (κ3) is 3.70. The van der Waals surface area contributed by atoms with Crippen molar-refractivity contribution < 1.29 is 18.0 Å². The Hall–Kier alpha value is -0.580. The number of alkyl halides is 3. The third-order valence-electron chi connectivity index (χ3n) is 3.98. The predicted octanol–water partition coefficient (Wildman–Crippen LogP) is 3.41. The van der Waals surface area contributed by atoms with E-state index < -0.39 is 24.6 Å². The molecule has 1 saturated carbocycles. The molecule has 0 radical (unpaired) electrons. The van der Waals surface area contributed by atoms with E-state index in [0.29, 0.717) is 18.8 Å². The van der Waals surface area contributed by atoms with Crippen LogP contribution in [0.4, 0.5) is 13.2 Å². The highest BCUT2D eigenvalue weighted by molar-refractivity contribution is 5.88. The molecule has 0 aromatic rings. The molecule has 0 aromatic carbocycles. The van der Waals surface area contributed by atoms with Gasteiger partial charge in [0.15, 0.2) is 5.78 Å². The molecular weight excluding hydrogens is 243 g/mol. The first-order valence-corrected chi connectivity index (χ1v) is 6.45. The maximum Gasteiger partial charge on any atom is 0.389 e. The number of carbonyl (C=O) groups excluding carboxylic acids is 1. The van der Waals surface area contributed by atoms with Crippen LogP contribution in [0.15, 0.2) is 0 Å². The van der Waals surface area contributed by atoms with Crippen molar-refractivity contribution in [2.75, 3.05) is 14.1 Å². The molecule has 0 spiro atoms. The van der Waals surface area contributed by atoms with Crippen molar-refractivity contribution in [1.82, 2.24) is 4.90 Å². The molecule has 5 heteroatoms. The van der Waals surface area contributed by atoms with Gasteiger partial charge in [0.25, 0.3) is 0 Å². The Balaban J connectivity index is 2.75. The van der Waals surface area contributed by atoms with Gasteiger partial charge in [-0.25, -0.2) is 0 Å². The number of hydrogen-bond donors (Lipinski definition) is 0. The smallest absolute Gasteiger partial charge is 0.298 e. The van der Waals surface area contributed by atoms with Gasteiger partial charge in [0.1, 0.15) is 0 Å². The molecule has 0 amide bonds. The predicted molar refractivity (Wildman–Crippen MR) is 64.3 cm³/mol. The lowest BCUT2D eigenvalue weighted by molar-refractivity contribution is -0.149. The molecule has 0 bridgehead atoms. The standard InChI is InChI=1S/C13H22F3NO/c1-10-5-4-7-12(9-10,17(2)3)11(18)6-8-13(14,15)16/h10H,4-9H2,1-3H3. The summed E-state index contributed by atoms with van der Waals surface area (Å²) in [7, 11) is 3.59. The second-order valence-electron chi connectivity index (χ2n) is 5.67. The second kappa shape index (κ2) is 5.59. The molecule has 18 heavy (non-hydrogen) atoms. The van der Waals surface area contributed by atoms with Crippen LogP contribution in [0, 0.1) is 5.92 Å². The summed E-state index contributed by atoms with van der Waals surface area (Å²) in [4.78, 5) is 14.0. The summed E-state index contributed by atoms with van der Waals surface area (Å²) in [5.74, 6) is 0.146. The van der Waals surface area contributed by atoms with Gasteiger partial charge < -0.3 is 0 Å². The van der Waals surface area contributed by atoms with Gasteiger partial charge in [-0.3, -0.25) is 9.69 Å². The zero-order valence-corrected chi connectivity index (χ0v) is 11.3. The van der Waals surface area contributed by atoms with Crippen molar-refractivity contribution in [3.8, 4) is 0 Å². The molecule has 0 aliphatic heterocycles. The minimum absolute atomic E-state index is 0.253. The summed E-state index contributed by atoms with van der Waals surface area (Å²) in [5.41, 5.74) is -0.678. The molecule has 2 nitrogen and oxygen atoms in total. The Labute approximate surface area is 107 Å². The topological polar surface area (TPSA) is 20.3 Å². The van der Waals surface area contributed by atoms with E-state index in [2.05, 4.69) is 6.92 Å². The quantitative estimate of drug-likeness (QED) is 0.776. The molecule has 1 rings (SSSR count). The van der Waals surface area contributed by atoms with Gasteiger partial charge in [0, 0.05) is 6.42 Å². The average molecular weight is 265 g/mol. The molecule has 0 heterocycles. The Morgan fingerprint density at radius 1 is 1.39 bits per heavy atom. The van der Waals surface area contributed by atoms with Crippen LogP contribution in [-0.4, -0.2) is 36.5 Å². The van der Waals surface area contributed by atoms with Crippen LogP contribution in [0.3, 0.4) is 0 Å². The van der Waals surface area contributed by atoms with E-state index in [4.69, 9.17) is 0 Å². The maximum absolute atomic E-state index is 12.2. The Bertz CT molecular complexity index is 301. The maximum atomic E-state index is 12.2. The van der Waals surface area contributed by atoms with Gasteiger partial charge >= 0.3 is 6.18 Å². The summed E-state index contributed by atoms with van der Waals surface area (Å²) >= 11 is 0. The molecule has 0 aromatic heterocycles. The number of carbonyl (C=O) groups is 1. The van der Waals surface area contributed by atoms with Gasteiger partial charge in [-0.05, 0) is 32.9 Å². The average Bonchev–Trinajstić information content (AvgIpc) is 2.24. The number of rotatable bonds is 4. The van der Waals surface area contributed by atoms with Gasteiger partial charge in [-0.1, -0.05) is 19.8 Å². The van der Waals surface area contributed by atoms with Crippen LogP contribution in [0.5, 0.6) is 0 Å². The van der Waals surface area contributed by atoms with Gasteiger partial charge in [-0.15, -0.1) is 0 Å². The van der Waals surface area contributed by atoms with Crippen LogP contribution in [0.1, 0.15) is 45.4 Å². The summed E-state index contributed by atoms with van der Waals surface area (Å²) in [6.45, 7) is 2.06. The summed E-state index contributed by atoms with van der Waals surface area (Å²) in [6, 6.07) is 0. The molecule has 0 N–H and O–H groups in total. The van der Waals surface area contributed by atoms with Crippen molar-refractivity contribution in [3.63, 3.8) is 0 Å². The SMILES string of the molecule is CC1CCCC(C(=O)CCC(F)(F)F)(N(C)C)C1. The number of likely N-dealkylation sites (N-methyl/N-ethyl adjacent to an activating group) is 1. The fourth-order valence-electron chi connectivity index (χ4n) is 2.92. The number of hydrogen-bond acceptors (Lipinski definition) is 2. The number of ketones is 1. The van der Waals surface area contributed by atoms with Crippen molar-refractivity contribution >= 4 is 5.78 Å². The summed E-state index contributed by atoms with van der Waals surface area (Å²) in [5, 5.41) is 0. The van der Waals surface area contributed by atoms with E-state index in [9.17, 15) is 18.0 Å². The van der Waals surface area contributed by atoms with E-state index in [-0.39, 0.29) is 5.78 Å². The summed E-state index contributed by atoms with van der Waals surface area (Å²) in [6.07, 6.45) is -2.31. The molecule has 2 atom stereocenters. The van der Waals surface area contributed by atoms with E-state index in [1.807, 2.05) is 4.90 Å². The Morgan fingerprint density at radius 3 is 2.44 bits per heavy atom. The fourth-order valence-corrected chi connectivity index (χ4v) is 2.92. The number of halogens is 3. The van der Waals surface area contributed by atoms with Crippen molar-refractivity contribution in [2.45, 2.75) is 57.2 Å². The lowest BCUT2D eigenvalue weighted by Crippen LogP contribution is -2.53. The van der Waals surface area contributed by atoms with E-state index in [1.54, 1.807) is 14.1 Å². The zero-order chi connectivity index (χ0) is 14.0. The molecule has 2 unspecified atom stereocenters. The van der Waals surface area contributed by atoms with Gasteiger partial charge in [-0.2, -0.15) is 13.2 Å². The first-order valence-electron chi connectivity index (χ1n) is 6.45. The monoisotopic (exact) mass is 265 g/mol. The third-order valence-corrected chi connectivity index (χ3v) is 3.98. The normalized spacial score (nSPS) is 29.6. The van der Waals surface area contributed by atoms with Crippen molar-refractivity contribution in [1.29, 1.82) is 0 Å². The molecule has 1 fully saturated rings. The molecule has 1 aliphatic carbocycles. The van der Waals surface area contributed by atoms with E-state index in [0.717, 1.165) is 12.8 Å². The van der Waals surface area contributed by atoms with Crippen LogP contribution in [0.2, 0.25) is 0 Å². The Morgan fingerprint density at radius 2 is 2.00 bits per heavy atom. The van der Waals surface area contributed by atoms with Crippen LogP contribution >= 0.6 is 0 Å². The van der Waals surface area contributed by atoms with Crippen LogP contribution < -0.4 is 0 Å². The largest absolute Gasteiger partial charge is 0.389 e. The number of Topliss-reactive ketones (excluding diaryl/α,β-unsaturated/α-hetero) is 1. The highest BCUT2D eigenvalue weighted by atomic mass is 19.4. The van der Waals surface area contributed by atoms with Crippen LogP contribution in [-0.2, 0) is 4.79 Å².